The third kappa shape index (κ3) is 4.23. The fourth-order valence-corrected chi connectivity index (χ4v) is 3.73. The molecule has 1 fully saturated rings. The first-order valence-corrected chi connectivity index (χ1v) is 8.93. The molecule has 0 aliphatic heterocycles. The van der Waals surface area contributed by atoms with Crippen LogP contribution in [0.4, 0.5) is 0 Å². The Hall–Kier alpha value is -0.540. The number of nitrogens with one attached hydrogen (secondary N) is 1. The minimum atomic E-state index is 0.366. The van der Waals surface area contributed by atoms with Gasteiger partial charge in [-0.15, -0.1) is 0 Å². The zero-order valence-corrected chi connectivity index (χ0v) is 15.0. The number of rotatable bonds is 5. The Morgan fingerprint density at radius 2 is 1.90 bits per heavy atom. The van der Waals surface area contributed by atoms with Gasteiger partial charge in [-0.2, -0.15) is 0 Å². The van der Waals surface area contributed by atoms with E-state index in [2.05, 4.69) is 42.0 Å². The quantitative estimate of drug-likeness (QED) is 0.758. The van der Waals surface area contributed by atoms with Crippen molar-refractivity contribution in [2.75, 3.05) is 0 Å². The van der Waals surface area contributed by atoms with Crippen molar-refractivity contribution < 1.29 is 5.11 Å². The summed E-state index contributed by atoms with van der Waals surface area (Å²) in [5.74, 6) is 1.23. The van der Waals surface area contributed by atoms with Gasteiger partial charge in [0.05, 0.1) is 4.47 Å². The zero-order chi connectivity index (χ0) is 15.5. The fraction of sp³-hybridized carbons (Fsp3) is 0.667. The Kier molecular flexibility index (Phi) is 5.73. The SMILES string of the molecule is CCC(C)(C)C1CCC(NCc2cccc(Br)c2O)CC1. The number of hydrogen-bond acceptors (Lipinski definition) is 2. The van der Waals surface area contributed by atoms with Crippen molar-refractivity contribution in [1.82, 2.24) is 5.32 Å². The lowest BCUT2D eigenvalue weighted by atomic mass is 9.69. The molecule has 118 valence electrons. The predicted octanol–water partition coefficient (Wildman–Crippen LogP) is 5.24. The van der Waals surface area contributed by atoms with Gasteiger partial charge in [-0.3, -0.25) is 0 Å². The van der Waals surface area contributed by atoms with Crippen molar-refractivity contribution in [3.8, 4) is 5.75 Å². The van der Waals surface area contributed by atoms with E-state index in [0.29, 0.717) is 17.2 Å². The van der Waals surface area contributed by atoms with Crippen LogP contribution in [0.2, 0.25) is 0 Å². The number of phenols is 1. The molecule has 2 rings (SSSR count). The normalized spacial score (nSPS) is 23.2. The number of phenolic OH excluding ortho intramolecular Hbond substituents is 1. The van der Waals surface area contributed by atoms with Gasteiger partial charge in [0.25, 0.3) is 0 Å². The number of halogens is 1. The van der Waals surface area contributed by atoms with E-state index in [1.807, 2.05) is 18.2 Å². The summed E-state index contributed by atoms with van der Waals surface area (Å²) >= 11 is 3.37. The van der Waals surface area contributed by atoms with E-state index in [0.717, 1.165) is 22.5 Å². The maximum Gasteiger partial charge on any atom is 0.134 e. The maximum absolute atomic E-state index is 10.0. The van der Waals surface area contributed by atoms with Crippen LogP contribution in [0.5, 0.6) is 5.75 Å². The minimum absolute atomic E-state index is 0.366. The number of hydrogen-bond donors (Lipinski definition) is 2. The molecule has 0 aromatic heterocycles. The number of para-hydroxylation sites is 1. The van der Waals surface area contributed by atoms with E-state index in [1.165, 1.54) is 32.1 Å². The standard InChI is InChI=1S/C18H28BrNO/c1-4-18(2,3)14-8-10-15(11-9-14)20-12-13-6-5-7-16(19)17(13)21/h5-7,14-15,20-21H,4,8-12H2,1-3H3. The summed E-state index contributed by atoms with van der Waals surface area (Å²) in [6, 6.07) is 6.42. The number of aromatic hydroxyl groups is 1. The third-order valence-electron chi connectivity index (χ3n) is 5.40. The van der Waals surface area contributed by atoms with Gasteiger partial charge in [-0.1, -0.05) is 39.3 Å². The molecule has 0 spiro atoms. The Balaban J connectivity index is 1.83. The van der Waals surface area contributed by atoms with Gasteiger partial charge >= 0.3 is 0 Å². The lowest BCUT2D eigenvalue weighted by Gasteiger charge is -2.39. The Morgan fingerprint density at radius 1 is 1.24 bits per heavy atom. The zero-order valence-electron chi connectivity index (χ0n) is 13.5. The molecule has 1 aromatic rings. The minimum Gasteiger partial charge on any atom is -0.506 e. The van der Waals surface area contributed by atoms with Crippen molar-refractivity contribution in [2.24, 2.45) is 11.3 Å². The van der Waals surface area contributed by atoms with Crippen LogP contribution in [0, 0.1) is 11.3 Å². The predicted molar refractivity (Wildman–Crippen MR) is 92.5 cm³/mol. The lowest BCUT2D eigenvalue weighted by Crippen LogP contribution is -2.36. The Morgan fingerprint density at radius 3 is 2.52 bits per heavy atom. The average molecular weight is 354 g/mol. The van der Waals surface area contributed by atoms with E-state index in [-0.39, 0.29) is 0 Å². The first kappa shape index (κ1) is 16.8. The van der Waals surface area contributed by atoms with Gasteiger partial charge in [0.15, 0.2) is 0 Å². The molecular weight excluding hydrogens is 326 g/mol. The van der Waals surface area contributed by atoms with Gasteiger partial charge < -0.3 is 10.4 Å². The summed E-state index contributed by atoms with van der Waals surface area (Å²) in [5.41, 5.74) is 1.45. The second kappa shape index (κ2) is 7.15. The molecule has 0 heterocycles. The van der Waals surface area contributed by atoms with Crippen molar-refractivity contribution in [1.29, 1.82) is 0 Å². The summed E-state index contributed by atoms with van der Waals surface area (Å²) in [6.45, 7) is 7.87. The first-order chi connectivity index (χ1) is 9.94. The molecule has 3 heteroatoms. The molecule has 2 nitrogen and oxygen atoms in total. The second-order valence-corrected chi connectivity index (χ2v) is 7.87. The van der Waals surface area contributed by atoms with Crippen LogP contribution in [0.1, 0.15) is 58.4 Å². The molecular formula is C18H28BrNO. The largest absolute Gasteiger partial charge is 0.506 e. The third-order valence-corrected chi connectivity index (χ3v) is 6.04. The molecule has 0 atom stereocenters. The highest BCUT2D eigenvalue weighted by Crippen LogP contribution is 2.40. The highest BCUT2D eigenvalue weighted by Gasteiger charge is 2.31. The molecule has 1 saturated carbocycles. The van der Waals surface area contributed by atoms with Gasteiger partial charge in [-0.25, -0.2) is 0 Å². The van der Waals surface area contributed by atoms with E-state index < -0.39 is 0 Å². The van der Waals surface area contributed by atoms with Crippen LogP contribution in [-0.4, -0.2) is 11.1 Å². The molecule has 21 heavy (non-hydrogen) atoms. The smallest absolute Gasteiger partial charge is 0.134 e. The van der Waals surface area contributed by atoms with Crippen molar-refractivity contribution in [3.05, 3.63) is 28.2 Å². The van der Waals surface area contributed by atoms with Crippen LogP contribution in [-0.2, 0) is 6.54 Å². The molecule has 0 bridgehead atoms. The van der Waals surface area contributed by atoms with Gasteiger partial charge in [0.2, 0.25) is 0 Å². The van der Waals surface area contributed by atoms with E-state index in [1.54, 1.807) is 0 Å². The van der Waals surface area contributed by atoms with Crippen molar-refractivity contribution >= 4 is 15.9 Å². The van der Waals surface area contributed by atoms with E-state index in [9.17, 15) is 5.11 Å². The van der Waals surface area contributed by atoms with Gasteiger partial charge in [0.1, 0.15) is 5.75 Å². The highest BCUT2D eigenvalue weighted by molar-refractivity contribution is 9.10. The second-order valence-electron chi connectivity index (χ2n) is 7.02. The van der Waals surface area contributed by atoms with E-state index in [4.69, 9.17) is 0 Å². The van der Waals surface area contributed by atoms with E-state index >= 15 is 0 Å². The lowest BCUT2D eigenvalue weighted by molar-refractivity contribution is 0.136. The van der Waals surface area contributed by atoms with Crippen LogP contribution in [0.25, 0.3) is 0 Å². The molecule has 0 unspecified atom stereocenters. The summed E-state index contributed by atoms with van der Waals surface area (Å²) in [6.07, 6.45) is 6.42. The maximum atomic E-state index is 10.0. The van der Waals surface area contributed by atoms with Gasteiger partial charge in [0, 0.05) is 18.2 Å². The molecule has 1 aliphatic rings. The molecule has 0 radical (unpaired) electrons. The summed E-state index contributed by atoms with van der Waals surface area (Å²) in [4.78, 5) is 0. The molecule has 2 N–H and O–H groups in total. The van der Waals surface area contributed by atoms with Gasteiger partial charge in [-0.05, 0) is 59.0 Å². The Bertz CT molecular complexity index is 464. The summed E-state index contributed by atoms with van der Waals surface area (Å²) in [5, 5.41) is 13.6. The van der Waals surface area contributed by atoms with Crippen LogP contribution in [0.15, 0.2) is 22.7 Å². The van der Waals surface area contributed by atoms with Crippen LogP contribution >= 0.6 is 15.9 Å². The van der Waals surface area contributed by atoms with Crippen molar-refractivity contribution in [3.63, 3.8) is 0 Å². The molecule has 1 aromatic carbocycles. The Labute approximate surface area is 137 Å². The number of benzene rings is 1. The monoisotopic (exact) mass is 353 g/mol. The highest BCUT2D eigenvalue weighted by atomic mass is 79.9. The summed E-state index contributed by atoms with van der Waals surface area (Å²) in [7, 11) is 0. The average Bonchev–Trinajstić information content (AvgIpc) is 2.49. The topological polar surface area (TPSA) is 32.3 Å². The van der Waals surface area contributed by atoms with Crippen LogP contribution < -0.4 is 5.32 Å². The summed E-state index contributed by atoms with van der Waals surface area (Å²) < 4.78 is 0.773. The molecule has 0 amide bonds. The fourth-order valence-electron chi connectivity index (χ4n) is 3.32. The first-order valence-electron chi connectivity index (χ1n) is 8.13. The van der Waals surface area contributed by atoms with Crippen LogP contribution in [0.3, 0.4) is 0 Å². The molecule has 0 saturated heterocycles. The molecule has 1 aliphatic carbocycles. The van der Waals surface area contributed by atoms with Crippen molar-refractivity contribution in [2.45, 2.75) is 65.5 Å².